The van der Waals surface area contributed by atoms with Crippen molar-refractivity contribution >= 4 is 13.7 Å². The molecule has 6 rings (SSSR count). The average molecular weight is 747 g/mol. The molecule has 0 fully saturated rings. The maximum atomic E-state index is 14.8. The van der Waals surface area contributed by atoms with E-state index in [1.165, 1.54) is 10.6 Å². The third kappa shape index (κ3) is 9.43. The molecule has 5 aromatic carbocycles. The number of rotatable bonds is 17. The van der Waals surface area contributed by atoms with E-state index < -0.39 is 13.5 Å². The maximum Gasteiger partial charge on any atom is 0.530 e. The molecule has 0 aliphatic heterocycles. The standard InChI is InChI=1S/C42H43N4O7P/c1-4-5-25-45(3)41(47)36-26-35(40-43-44-42(48)46(40)37-24-16-15-17-31(37)2)39(27-38(36)50-28-32-18-9-6-10-19-32)53-54(49,51-29-33-20-11-7-12-21-33)52-30-34-22-13-8-14-23-34/h6-24,26-27H,4-5,25,28-30H2,1-3H3,(H,44,48). The summed E-state index contributed by atoms with van der Waals surface area (Å²) in [5, 5.41) is 6.96. The van der Waals surface area contributed by atoms with E-state index in [9.17, 15) is 14.2 Å². The summed E-state index contributed by atoms with van der Waals surface area (Å²) in [7, 11) is -2.73. The summed E-state index contributed by atoms with van der Waals surface area (Å²) in [5.41, 5.74) is 3.56. The van der Waals surface area contributed by atoms with Crippen LogP contribution in [-0.4, -0.2) is 39.2 Å². The Morgan fingerprint density at radius 2 is 1.33 bits per heavy atom. The zero-order valence-corrected chi connectivity index (χ0v) is 31.4. The third-order valence-electron chi connectivity index (χ3n) is 8.69. The number of benzene rings is 5. The van der Waals surface area contributed by atoms with Crippen LogP contribution in [0.1, 0.15) is 52.4 Å². The number of phosphoric acid groups is 1. The molecule has 1 N–H and O–H groups in total. The summed E-state index contributed by atoms with van der Waals surface area (Å²) in [4.78, 5) is 29.3. The van der Waals surface area contributed by atoms with Crippen LogP contribution in [0.3, 0.4) is 0 Å². The Labute approximate surface area is 314 Å². The number of aromatic amines is 1. The molecule has 0 spiro atoms. The van der Waals surface area contributed by atoms with Crippen molar-refractivity contribution in [3.63, 3.8) is 0 Å². The van der Waals surface area contributed by atoms with Crippen LogP contribution in [0.15, 0.2) is 132 Å². The van der Waals surface area contributed by atoms with Gasteiger partial charge in [0, 0.05) is 19.7 Å². The van der Waals surface area contributed by atoms with Gasteiger partial charge in [-0.1, -0.05) is 123 Å². The fraction of sp³-hybridized carbons (Fsp3) is 0.214. The Balaban J connectivity index is 1.51. The van der Waals surface area contributed by atoms with Gasteiger partial charge >= 0.3 is 13.5 Å². The number of hydrogen-bond donors (Lipinski definition) is 1. The molecule has 0 unspecified atom stereocenters. The molecule has 1 aromatic heterocycles. The summed E-state index contributed by atoms with van der Waals surface area (Å²) in [6, 6.07) is 38.4. The smallest absolute Gasteiger partial charge is 0.488 e. The number of aryl methyl sites for hydroxylation is 1. The van der Waals surface area contributed by atoms with Gasteiger partial charge in [0.1, 0.15) is 18.1 Å². The average Bonchev–Trinajstić information content (AvgIpc) is 3.59. The van der Waals surface area contributed by atoms with Gasteiger partial charge in [-0.3, -0.25) is 13.8 Å². The lowest BCUT2D eigenvalue weighted by atomic mass is 10.1. The zero-order chi connectivity index (χ0) is 37.9. The third-order valence-corrected chi connectivity index (χ3v) is 10.00. The number of phosphoric ester groups is 1. The molecule has 6 aromatic rings. The van der Waals surface area contributed by atoms with Gasteiger partial charge < -0.3 is 14.2 Å². The van der Waals surface area contributed by atoms with Crippen LogP contribution in [0.2, 0.25) is 0 Å². The molecule has 1 heterocycles. The highest BCUT2D eigenvalue weighted by molar-refractivity contribution is 7.48. The lowest BCUT2D eigenvalue weighted by Gasteiger charge is -2.23. The first-order valence-corrected chi connectivity index (χ1v) is 19.2. The van der Waals surface area contributed by atoms with Crippen LogP contribution >= 0.6 is 7.82 Å². The lowest BCUT2D eigenvalue weighted by molar-refractivity contribution is 0.0788. The van der Waals surface area contributed by atoms with Gasteiger partial charge in [-0.05, 0) is 47.7 Å². The van der Waals surface area contributed by atoms with E-state index >= 15 is 0 Å². The van der Waals surface area contributed by atoms with E-state index in [0.717, 1.165) is 35.1 Å². The number of hydrogen-bond acceptors (Lipinski definition) is 8. The minimum atomic E-state index is -4.46. The van der Waals surface area contributed by atoms with Gasteiger partial charge in [-0.25, -0.2) is 19.0 Å². The first kappa shape index (κ1) is 38.0. The van der Waals surface area contributed by atoms with Crippen LogP contribution in [0, 0.1) is 6.92 Å². The summed E-state index contributed by atoms with van der Waals surface area (Å²) >= 11 is 0. The number of nitrogens with zero attached hydrogens (tertiary/aromatic N) is 3. The second kappa shape index (κ2) is 17.9. The monoisotopic (exact) mass is 746 g/mol. The normalized spacial score (nSPS) is 11.3. The summed E-state index contributed by atoms with van der Waals surface area (Å²) < 4.78 is 40.9. The maximum absolute atomic E-state index is 14.8. The van der Waals surface area contributed by atoms with E-state index in [0.29, 0.717) is 12.2 Å². The van der Waals surface area contributed by atoms with Crippen molar-refractivity contribution < 1.29 is 27.7 Å². The lowest BCUT2D eigenvalue weighted by Crippen LogP contribution is -2.28. The van der Waals surface area contributed by atoms with Gasteiger partial charge in [0.15, 0.2) is 5.82 Å². The van der Waals surface area contributed by atoms with Crippen molar-refractivity contribution in [2.75, 3.05) is 13.6 Å². The molecule has 278 valence electrons. The minimum absolute atomic E-state index is 0.0379. The van der Waals surface area contributed by atoms with Gasteiger partial charge in [0.05, 0.1) is 30.0 Å². The van der Waals surface area contributed by atoms with Gasteiger partial charge in [-0.15, -0.1) is 0 Å². The summed E-state index contributed by atoms with van der Waals surface area (Å²) in [6.07, 6.45) is 1.69. The molecule has 0 aliphatic carbocycles. The van der Waals surface area contributed by atoms with Gasteiger partial charge in [0.2, 0.25) is 0 Å². The van der Waals surface area contributed by atoms with Crippen molar-refractivity contribution in [1.29, 1.82) is 0 Å². The van der Waals surface area contributed by atoms with E-state index in [4.69, 9.17) is 18.3 Å². The predicted octanol–water partition coefficient (Wildman–Crippen LogP) is 8.91. The largest absolute Gasteiger partial charge is 0.530 e. The Morgan fingerprint density at radius 1 is 0.778 bits per heavy atom. The van der Waals surface area contributed by atoms with Crippen molar-refractivity contribution in [1.82, 2.24) is 19.7 Å². The molecule has 0 saturated heterocycles. The second-order valence-electron chi connectivity index (χ2n) is 12.7. The fourth-order valence-electron chi connectivity index (χ4n) is 5.72. The minimum Gasteiger partial charge on any atom is -0.488 e. The number of amides is 1. The van der Waals surface area contributed by atoms with Crippen molar-refractivity contribution in [3.05, 3.63) is 166 Å². The number of carbonyl (C=O) groups is 1. The van der Waals surface area contributed by atoms with E-state index in [2.05, 4.69) is 17.1 Å². The van der Waals surface area contributed by atoms with Crippen LogP contribution in [0.25, 0.3) is 17.1 Å². The van der Waals surface area contributed by atoms with Gasteiger partial charge in [0.25, 0.3) is 5.91 Å². The molecule has 0 atom stereocenters. The van der Waals surface area contributed by atoms with Crippen LogP contribution in [0.5, 0.6) is 11.5 Å². The number of para-hydroxylation sites is 1. The van der Waals surface area contributed by atoms with Crippen molar-refractivity contribution in [3.8, 4) is 28.6 Å². The number of H-pyrrole nitrogens is 1. The molecule has 11 nitrogen and oxygen atoms in total. The quantitative estimate of drug-likeness (QED) is 0.0918. The van der Waals surface area contributed by atoms with E-state index in [1.807, 2.05) is 116 Å². The summed E-state index contributed by atoms with van der Waals surface area (Å²) in [5.74, 6) is -0.0710. The SMILES string of the molecule is CCCCN(C)C(=O)c1cc(-c2n[nH]c(=O)n2-c2ccccc2C)c(OP(=O)(OCc2ccccc2)OCc2ccccc2)cc1OCc1ccccc1. The number of ether oxygens (including phenoxy) is 1. The molecule has 0 bridgehead atoms. The number of aromatic nitrogens is 3. The van der Waals surface area contributed by atoms with Crippen LogP contribution in [0.4, 0.5) is 0 Å². The van der Waals surface area contributed by atoms with Crippen molar-refractivity contribution in [2.45, 2.75) is 46.5 Å². The Hall–Kier alpha value is -5.74. The molecule has 0 radical (unpaired) electrons. The molecular weight excluding hydrogens is 703 g/mol. The molecule has 1 amide bonds. The Morgan fingerprint density at radius 3 is 1.91 bits per heavy atom. The van der Waals surface area contributed by atoms with E-state index in [1.54, 1.807) is 24.1 Å². The van der Waals surface area contributed by atoms with Crippen LogP contribution in [-0.2, 0) is 33.4 Å². The Bertz CT molecular complexity index is 2210. The second-order valence-corrected chi connectivity index (χ2v) is 14.3. The number of unbranched alkanes of at least 4 members (excludes halogenated alkanes) is 1. The highest BCUT2D eigenvalue weighted by Gasteiger charge is 2.33. The highest BCUT2D eigenvalue weighted by atomic mass is 31.2. The van der Waals surface area contributed by atoms with Crippen LogP contribution < -0.4 is 15.0 Å². The molecule has 0 aliphatic rings. The van der Waals surface area contributed by atoms with Gasteiger partial charge in [-0.2, -0.15) is 5.10 Å². The predicted molar refractivity (Wildman–Crippen MR) is 208 cm³/mol. The molecule has 0 saturated carbocycles. The molecule has 12 heteroatoms. The summed E-state index contributed by atoms with van der Waals surface area (Å²) in [6.45, 7) is 4.38. The number of carbonyl (C=O) groups excluding carboxylic acids is 1. The van der Waals surface area contributed by atoms with E-state index in [-0.39, 0.29) is 54.2 Å². The topological polar surface area (TPSA) is 125 Å². The highest BCUT2D eigenvalue weighted by Crippen LogP contribution is 2.53. The first-order chi connectivity index (χ1) is 26.2. The molecular formula is C42H43N4O7P. The fourth-order valence-corrected chi connectivity index (χ4v) is 6.90. The first-order valence-electron chi connectivity index (χ1n) is 17.7. The molecule has 54 heavy (non-hydrogen) atoms. The Kier molecular flexibility index (Phi) is 12.6. The van der Waals surface area contributed by atoms with Crippen molar-refractivity contribution in [2.24, 2.45) is 0 Å². The number of nitrogens with one attached hydrogen (secondary N) is 1. The zero-order valence-electron chi connectivity index (χ0n) is 30.5.